The van der Waals surface area contributed by atoms with Crippen molar-refractivity contribution in [3.63, 3.8) is 0 Å². The van der Waals surface area contributed by atoms with Gasteiger partial charge in [-0.15, -0.1) is 12.6 Å². The molecule has 0 N–H and O–H groups in total. The average Bonchev–Trinajstić information content (AvgIpc) is 2.37. The summed E-state index contributed by atoms with van der Waals surface area (Å²) >= 11 is 7.38. The fourth-order valence-corrected chi connectivity index (χ4v) is 2.14. The highest BCUT2D eigenvalue weighted by atomic mass is 79.9. The molecule has 92 valence electrons. The standard InChI is InChI=1S/C12H13BrO3S/c1-8(12(14)15-2)9-4-3-5-11(16-7-17)10(9)6-13/h3-5,17H,1,6-7H2,2H3. The molecule has 0 radical (unpaired) electrons. The lowest BCUT2D eigenvalue weighted by Gasteiger charge is -2.13. The zero-order valence-corrected chi connectivity index (χ0v) is 11.9. The summed E-state index contributed by atoms with van der Waals surface area (Å²) in [6.45, 7) is 3.74. The van der Waals surface area contributed by atoms with Crippen molar-refractivity contribution in [1.82, 2.24) is 0 Å². The number of hydrogen-bond acceptors (Lipinski definition) is 4. The molecule has 0 saturated heterocycles. The van der Waals surface area contributed by atoms with Crippen molar-refractivity contribution in [2.75, 3.05) is 13.0 Å². The number of methoxy groups -OCH3 is 1. The second kappa shape index (κ2) is 6.71. The SMILES string of the molecule is C=C(C(=O)OC)c1cccc(OCS)c1CBr. The molecular weight excluding hydrogens is 304 g/mol. The number of benzene rings is 1. The zero-order valence-electron chi connectivity index (χ0n) is 9.40. The van der Waals surface area contributed by atoms with Crippen molar-refractivity contribution < 1.29 is 14.3 Å². The maximum atomic E-state index is 11.5. The molecule has 0 amide bonds. The maximum Gasteiger partial charge on any atom is 0.337 e. The summed E-state index contributed by atoms with van der Waals surface area (Å²) in [7, 11) is 1.33. The highest BCUT2D eigenvalue weighted by Crippen LogP contribution is 2.29. The van der Waals surface area contributed by atoms with Crippen LogP contribution in [0, 0.1) is 0 Å². The van der Waals surface area contributed by atoms with Gasteiger partial charge in [0.05, 0.1) is 12.7 Å². The zero-order chi connectivity index (χ0) is 12.8. The minimum atomic E-state index is -0.449. The molecule has 5 heteroatoms. The Morgan fingerprint density at radius 3 is 2.76 bits per heavy atom. The largest absolute Gasteiger partial charge is 0.483 e. The first-order valence-corrected chi connectivity index (χ1v) is 6.60. The van der Waals surface area contributed by atoms with Crippen molar-refractivity contribution in [2.45, 2.75) is 5.33 Å². The van der Waals surface area contributed by atoms with Gasteiger partial charge in [-0.3, -0.25) is 0 Å². The monoisotopic (exact) mass is 316 g/mol. The van der Waals surface area contributed by atoms with Crippen LogP contribution >= 0.6 is 28.6 Å². The second-order valence-electron chi connectivity index (χ2n) is 3.16. The highest BCUT2D eigenvalue weighted by Gasteiger charge is 2.16. The minimum Gasteiger partial charge on any atom is -0.483 e. The summed E-state index contributed by atoms with van der Waals surface area (Å²) in [5, 5.41) is 0.558. The number of carbonyl (C=O) groups is 1. The van der Waals surface area contributed by atoms with Gasteiger partial charge in [-0.05, 0) is 11.6 Å². The van der Waals surface area contributed by atoms with Crippen LogP contribution in [0.3, 0.4) is 0 Å². The van der Waals surface area contributed by atoms with Crippen LogP contribution in [0.25, 0.3) is 5.57 Å². The van der Waals surface area contributed by atoms with Crippen LogP contribution in [0.2, 0.25) is 0 Å². The molecule has 0 aliphatic carbocycles. The number of esters is 1. The summed E-state index contributed by atoms with van der Waals surface area (Å²) in [6.07, 6.45) is 0. The molecule has 0 unspecified atom stereocenters. The number of thiol groups is 1. The van der Waals surface area contributed by atoms with E-state index in [1.807, 2.05) is 6.07 Å². The Balaban J connectivity index is 3.19. The van der Waals surface area contributed by atoms with Crippen molar-refractivity contribution in [1.29, 1.82) is 0 Å². The van der Waals surface area contributed by atoms with Crippen LogP contribution in [0.4, 0.5) is 0 Å². The molecule has 0 aliphatic rings. The summed E-state index contributed by atoms with van der Waals surface area (Å²) in [4.78, 5) is 11.5. The summed E-state index contributed by atoms with van der Waals surface area (Å²) in [5.41, 5.74) is 1.89. The Kier molecular flexibility index (Phi) is 5.58. The van der Waals surface area contributed by atoms with E-state index in [4.69, 9.17) is 4.74 Å². The quantitative estimate of drug-likeness (QED) is 0.298. The fraction of sp³-hybridized carbons (Fsp3) is 0.250. The first-order chi connectivity index (χ1) is 8.15. The van der Waals surface area contributed by atoms with E-state index in [0.29, 0.717) is 22.2 Å². The number of ether oxygens (including phenoxy) is 2. The number of carbonyl (C=O) groups excluding carboxylic acids is 1. The molecule has 17 heavy (non-hydrogen) atoms. The van der Waals surface area contributed by atoms with Gasteiger partial charge in [-0.2, -0.15) is 0 Å². The number of hydrogen-bond donors (Lipinski definition) is 1. The lowest BCUT2D eigenvalue weighted by atomic mass is 10.0. The Labute approximate surface area is 114 Å². The van der Waals surface area contributed by atoms with Crippen LogP contribution in [0.1, 0.15) is 11.1 Å². The highest BCUT2D eigenvalue weighted by molar-refractivity contribution is 9.08. The summed E-state index contributed by atoms with van der Waals surface area (Å²) in [5.74, 6) is 0.503. The first-order valence-electron chi connectivity index (χ1n) is 4.84. The van der Waals surface area contributed by atoms with Gasteiger partial charge in [0.25, 0.3) is 0 Å². The molecule has 0 fully saturated rings. The molecular formula is C12H13BrO3S. The van der Waals surface area contributed by atoms with E-state index in [2.05, 4.69) is 39.9 Å². The van der Waals surface area contributed by atoms with E-state index in [0.717, 1.165) is 5.56 Å². The third-order valence-electron chi connectivity index (χ3n) is 2.24. The molecule has 0 bridgehead atoms. The number of halogens is 1. The Hall–Kier alpha value is -0.940. The second-order valence-corrected chi connectivity index (χ2v) is 3.98. The molecule has 0 heterocycles. The molecule has 0 atom stereocenters. The number of rotatable bonds is 5. The minimum absolute atomic E-state index is 0.272. The fourth-order valence-electron chi connectivity index (χ4n) is 1.42. The van der Waals surface area contributed by atoms with E-state index >= 15 is 0 Å². The topological polar surface area (TPSA) is 35.5 Å². The third-order valence-corrected chi connectivity index (χ3v) is 2.93. The molecule has 1 rings (SSSR count). The van der Waals surface area contributed by atoms with Gasteiger partial charge in [-0.1, -0.05) is 34.6 Å². The van der Waals surface area contributed by atoms with Gasteiger partial charge >= 0.3 is 5.97 Å². The smallest absolute Gasteiger partial charge is 0.337 e. The summed E-state index contributed by atoms with van der Waals surface area (Å²) in [6, 6.07) is 5.43. The average molecular weight is 317 g/mol. The van der Waals surface area contributed by atoms with Crippen LogP contribution in [0.5, 0.6) is 5.75 Å². The predicted octanol–water partition coefficient (Wildman–Crippen LogP) is 3.03. The van der Waals surface area contributed by atoms with Crippen molar-refractivity contribution in [3.8, 4) is 5.75 Å². The van der Waals surface area contributed by atoms with Gasteiger partial charge in [0.2, 0.25) is 0 Å². The molecule has 0 saturated carbocycles. The van der Waals surface area contributed by atoms with Crippen molar-refractivity contribution >= 4 is 40.1 Å². The Morgan fingerprint density at radius 1 is 1.53 bits per heavy atom. The van der Waals surface area contributed by atoms with E-state index in [9.17, 15) is 4.79 Å². The summed E-state index contributed by atoms with van der Waals surface area (Å²) < 4.78 is 10.0. The van der Waals surface area contributed by atoms with Crippen LogP contribution in [0.15, 0.2) is 24.8 Å². The maximum absolute atomic E-state index is 11.5. The van der Waals surface area contributed by atoms with Crippen LogP contribution in [-0.2, 0) is 14.9 Å². The number of alkyl halides is 1. The molecule has 0 spiro atoms. The van der Waals surface area contributed by atoms with Crippen molar-refractivity contribution in [3.05, 3.63) is 35.9 Å². The van der Waals surface area contributed by atoms with Gasteiger partial charge in [0.1, 0.15) is 11.7 Å². The third kappa shape index (κ3) is 3.26. The van der Waals surface area contributed by atoms with Gasteiger partial charge in [-0.25, -0.2) is 4.79 Å². The lowest BCUT2D eigenvalue weighted by molar-refractivity contribution is -0.133. The Bertz CT molecular complexity index is 432. The molecule has 3 nitrogen and oxygen atoms in total. The van der Waals surface area contributed by atoms with Crippen LogP contribution in [-0.4, -0.2) is 19.0 Å². The molecule has 1 aromatic carbocycles. The lowest BCUT2D eigenvalue weighted by Crippen LogP contribution is -2.06. The normalized spacial score (nSPS) is 9.82. The molecule has 1 aromatic rings. The van der Waals surface area contributed by atoms with Crippen LogP contribution < -0.4 is 4.74 Å². The van der Waals surface area contributed by atoms with E-state index in [1.54, 1.807) is 12.1 Å². The predicted molar refractivity (Wildman–Crippen MR) is 74.6 cm³/mol. The van der Waals surface area contributed by atoms with E-state index < -0.39 is 5.97 Å². The van der Waals surface area contributed by atoms with Crippen molar-refractivity contribution in [2.24, 2.45) is 0 Å². The molecule has 0 aromatic heterocycles. The van der Waals surface area contributed by atoms with Gasteiger partial charge in [0, 0.05) is 10.9 Å². The van der Waals surface area contributed by atoms with E-state index in [1.165, 1.54) is 7.11 Å². The first kappa shape index (κ1) is 14.1. The molecule has 0 aliphatic heterocycles. The Morgan fingerprint density at radius 2 is 2.24 bits per heavy atom. The van der Waals surface area contributed by atoms with Gasteiger partial charge < -0.3 is 9.47 Å². The van der Waals surface area contributed by atoms with E-state index in [-0.39, 0.29) is 5.94 Å². The van der Waals surface area contributed by atoms with Gasteiger partial charge in [0.15, 0.2) is 0 Å².